The van der Waals surface area contributed by atoms with Crippen molar-refractivity contribution >= 4 is 11.8 Å². The van der Waals surface area contributed by atoms with Gasteiger partial charge in [-0.05, 0) is 32.1 Å². The van der Waals surface area contributed by atoms with Gasteiger partial charge in [-0.15, -0.1) is 0 Å². The highest BCUT2D eigenvalue weighted by Gasteiger charge is 2.29. The Labute approximate surface area is 158 Å². The van der Waals surface area contributed by atoms with Crippen LogP contribution < -0.4 is 0 Å². The summed E-state index contributed by atoms with van der Waals surface area (Å²) in [5.41, 5.74) is 0.986. The minimum Gasteiger partial charge on any atom is -0.469 e. The fourth-order valence-corrected chi connectivity index (χ4v) is 3.34. The minimum absolute atomic E-state index is 0.0216. The Kier molecular flexibility index (Phi) is 11.0. The van der Waals surface area contributed by atoms with Gasteiger partial charge in [0.25, 0.3) is 0 Å². The van der Waals surface area contributed by atoms with Gasteiger partial charge in [0.15, 0.2) is 0 Å². The van der Waals surface area contributed by atoms with Crippen LogP contribution >= 0.6 is 0 Å². The van der Waals surface area contributed by atoms with Gasteiger partial charge in [-0.25, -0.2) is 0 Å². The molecule has 0 spiro atoms. The van der Waals surface area contributed by atoms with Crippen molar-refractivity contribution in [1.82, 2.24) is 0 Å². The van der Waals surface area contributed by atoms with Gasteiger partial charge in [0.05, 0.1) is 25.2 Å². The van der Waals surface area contributed by atoms with Gasteiger partial charge in [-0.1, -0.05) is 52.7 Å². The van der Waals surface area contributed by atoms with Crippen molar-refractivity contribution in [2.45, 2.75) is 73.5 Å². The number of rotatable bonds is 11. The number of ketones is 1. The lowest BCUT2D eigenvalue weighted by Crippen LogP contribution is -2.34. The number of carbonyl (C=O) groups is 2. The molecular weight excluding hydrogens is 332 g/mol. The number of aliphatic hydroxyl groups is 2. The van der Waals surface area contributed by atoms with E-state index in [0.717, 1.165) is 12.0 Å². The van der Waals surface area contributed by atoms with Crippen LogP contribution in [0.1, 0.15) is 61.3 Å². The highest BCUT2D eigenvalue weighted by molar-refractivity contribution is 5.85. The van der Waals surface area contributed by atoms with Crippen molar-refractivity contribution in [3.05, 3.63) is 11.6 Å². The zero-order valence-corrected chi connectivity index (χ0v) is 17.7. The molecule has 0 aromatic heterocycles. The molecule has 0 saturated carbocycles. The van der Waals surface area contributed by atoms with Gasteiger partial charge < -0.3 is 14.9 Å². The van der Waals surface area contributed by atoms with E-state index in [2.05, 4.69) is 4.74 Å². The number of ether oxygens (including phenoxy) is 1. The second-order valence-electron chi connectivity index (χ2n) is 7.85. The number of carbonyl (C=O) groups excluding carboxylic acids is 2. The molecular formula is C21H38O5. The minimum atomic E-state index is -0.803. The van der Waals surface area contributed by atoms with E-state index in [9.17, 15) is 19.8 Å². The van der Waals surface area contributed by atoms with E-state index in [4.69, 9.17) is 0 Å². The van der Waals surface area contributed by atoms with Crippen LogP contribution in [0.4, 0.5) is 0 Å². The summed E-state index contributed by atoms with van der Waals surface area (Å²) in [6.07, 6.45) is 1.88. The Hall–Kier alpha value is -1.20. The van der Waals surface area contributed by atoms with Crippen molar-refractivity contribution in [1.29, 1.82) is 0 Å². The number of hydrogen-bond acceptors (Lipinski definition) is 5. The fourth-order valence-electron chi connectivity index (χ4n) is 3.34. The third-order valence-corrected chi connectivity index (χ3v) is 5.48. The zero-order valence-electron chi connectivity index (χ0n) is 17.7. The largest absolute Gasteiger partial charge is 0.469 e. The van der Waals surface area contributed by atoms with E-state index in [-0.39, 0.29) is 23.5 Å². The normalized spacial score (nSPS) is 20.5. The van der Waals surface area contributed by atoms with Crippen molar-refractivity contribution in [2.75, 3.05) is 7.11 Å². The number of methoxy groups -OCH3 is 1. The van der Waals surface area contributed by atoms with Gasteiger partial charge in [0, 0.05) is 11.8 Å². The van der Waals surface area contributed by atoms with Gasteiger partial charge in [-0.2, -0.15) is 0 Å². The second-order valence-corrected chi connectivity index (χ2v) is 7.85. The average molecular weight is 371 g/mol. The number of hydrogen-bond donors (Lipinski definition) is 2. The van der Waals surface area contributed by atoms with E-state index >= 15 is 0 Å². The van der Waals surface area contributed by atoms with Crippen LogP contribution in [0.5, 0.6) is 0 Å². The third kappa shape index (κ3) is 7.20. The van der Waals surface area contributed by atoms with Crippen LogP contribution in [0.2, 0.25) is 0 Å². The number of aliphatic hydroxyl groups excluding tert-OH is 2. The summed E-state index contributed by atoms with van der Waals surface area (Å²) in [5, 5.41) is 20.6. The maximum Gasteiger partial charge on any atom is 0.311 e. The molecule has 26 heavy (non-hydrogen) atoms. The lowest BCUT2D eigenvalue weighted by molar-refractivity contribution is -0.149. The molecule has 7 atom stereocenters. The van der Waals surface area contributed by atoms with Crippen LogP contribution in [-0.4, -0.2) is 41.3 Å². The topological polar surface area (TPSA) is 83.8 Å². The Balaban J connectivity index is 4.88. The summed E-state index contributed by atoms with van der Waals surface area (Å²) in [5.74, 6) is -1.76. The van der Waals surface area contributed by atoms with Crippen molar-refractivity contribution in [2.24, 2.45) is 29.6 Å². The van der Waals surface area contributed by atoms with Crippen LogP contribution in [0.15, 0.2) is 11.6 Å². The second kappa shape index (κ2) is 11.5. The molecule has 5 heteroatoms. The maximum atomic E-state index is 12.6. The summed E-state index contributed by atoms with van der Waals surface area (Å²) in [4.78, 5) is 24.1. The standard InChI is InChI=1S/C21H38O5/c1-9-13(3)18(22)16(6)19(23)14(4)10-12(2)11-15(5)20(24)17(7)21(25)26-8/h10,13-18,20,22,24H,9,11H2,1-8H3/b12-10+/t13-,14+,15-,16-,17-,18-,20+/m0/s1. The molecule has 0 rings (SSSR count). The van der Waals surface area contributed by atoms with Gasteiger partial charge >= 0.3 is 5.97 Å². The molecule has 0 unspecified atom stereocenters. The average Bonchev–Trinajstić information content (AvgIpc) is 2.62. The van der Waals surface area contributed by atoms with Crippen molar-refractivity contribution < 1.29 is 24.5 Å². The lowest BCUT2D eigenvalue weighted by atomic mass is 9.83. The molecule has 0 aliphatic heterocycles. The molecule has 0 bridgehead atoms. The predicted molar refractivity (Wildman–Crippen MR) is 104 cm³/mol. The van der Waals surface area contributed by atoms with Crippen LogP contribution in [0.3, 0.4) is 0 Å². The molecule has 0 aliphatic carbocycles. The molecule has 152 valence electrons. The monoisotopic (exact) mass is 370 g/mol. The highest BCUT2D eigenvalue weighted by Crippen LogP contribution is 2.24. The summed E-state index contributed by atoms with van der Waals surface area (Å²) < 4.78 is 4.68. The van der Waals surface area contributed by atoms with Crippen LogP contribution in [0.25, 0.3) is 0 Å². The fraction of sp³-hybridized carbons (Fsp3) is 0.810. The Morgan fingerprint density at radius 1 is 0.962 bits per heavy atom. The van der Waals surface area contributed by atoms with Crippen molar-refractivity contribution in [3.63, 3.8) is 0 Å². The molecule has 0 amide bonds. The number of allylic oxidation sites excluding steroid dienone is 2. The molecule has 0 aromatic carbocycles. The summed E-state index contributed by atoms with van der Waals surface area (Å²) in [6, 6.07) is 0. The Morgan fingerprint density at radius 3 is 1.92 bits per heavy atom. The van der Waals surface area contributed by atoms with E-state index < -0.39 is 30.0 Å². The van der Waals surface area contributed by atoms with E-state index in [1.807, 2.05) is 40.7 Å². The molecule has 0 heterocycles. The predicted octanol–water partition coefficient (Wildman–Crippen LogP) is 3.38. The first-order valence-electron chi connectivity index (χ1n) is 9.62. The maximum absolute atomic E-state index is 12.6. The molecule has 2 N–H and O–H groups in total. The molecule has 0 aliphatic rings. The van der Waals surface area contributed by atoms with Crippen molar-refractivity contribution in [3.8, 4) is 0 Å². The first kappa shape index (κ1) is 24.8. The summed E-state index contributed by atoms with van der Waals surface area (Å²) in [7, 11) is 1.31. The number of Topliss-reactive ketones (excluding diaryl/α,β-unsaturated/α-hetero) is 1. The molecule has 0 fully saturated rings. The third-order valence-electron chi connectivity index (χ3n) is 5.48. The smallest absolute Gasteiger partial charge is 0.311 e. The summed E-state index contributed by atoms with van der Waals surface area (Å²) in [6.45, 7) is 13.0. The van der Waals surface area contributed by atoms with Gasteiger partial charge in [0.1, 0.15) is 5.78 Å². The number of esters is 1. The van der Waals surface area contributed by atoms with E-state index in [1.54, 1.807) is 13.8 Å². The molecule has 5 nitrogen and oxygen atoms in total. The van der Waals surface area contributed by atoms with Gasteiger partial charge in [0.2, 0.25) is 0 Å². The van der Waals surface area contributed by atoms with Gasteiger partial charge in [-0.3, -0.25) is 9.59 Å². The lowest BCUT2D eigenvalue weighted by Gasteiger charge is -2.25. The molecule has 0 aromatic rings. The first-order valence-corrected chi connectivity index (χ1v) is 9.62. The molecule has 0 radical (unpaired) electrons. The van der Waals surface area contributed by atoms with Crippen LogP contribution in [-0.2, 0) is 14.3 Å². The van der Waals surface area contributed by atoms with Crippen LogP contribution in [0, 0.1) is 29.6 Å². The summed E-state index contributed by atoms with van der Waals surface area (Å²) >= 11 is 0. The Morgan fingerprint density at radius 2 is 1.46 bits per heavy atom. The van der Waals surface area contributed by atoms with E-state index in [1.165, 1.54) is 7.11 Å². The Bertz CT molecular complexity index is 485. The highest BCUT2D eigenvalue weighted by atomic mass is 16.5. The molecule has 0 saturated heterocycles. The SMILES string of the molecule is CC[C@H](C)[C@H](O)[C@H](C)C(=O)[C@H](C)/C=C(\C)C[C@H](C)[C@@H](O)[C@H](C)C(=O)OC. The zero-order chi connectivity index (χ0) is 20.6. The quantitative estimate of drug-likeness (QED) is 0.430. The van der Waals surface area contributed by atoms with E-state index in [0.29, 0.717) is 6.42 Å². The first-order chi connectivity index (χ1) is 12.0.